The number of thiazole rings is 1. The molecule has 0 radical (unpaired) electrons. The summed E-state index contributed by atoms with van der Waals surface area (Å²) in [7, 11) is 0. The van der Waals surface area contributed by atoms with Crippen LogP contribution in [0.5, 0.6) is 0 Å². The van der Waals surface area contributed by atoms with Crippen LogP contribution in [-0.2, 0) is 4.79 Å². The largest absolute Gasteiger partial charge is 0.316 e. The van der Waals surface area contributed by atoms with Gasteiger partial charge in [-0.3, -0.25) is 4.79 Å². The fourth-order valence-electron chi connectivity index (χ4n) is 1.81. The fourth-order valence-corrected chi connectivity index (χ4v) is 2.63. The highest BCUT2D eigenvalue weighted by Crippen LogP contribution is 2.22. The Labute approximate surface area is 99.5 Å². The first-order chi connectivity index (χ1) is 7.66. The predicted molar refractivity (Wildman–Crippen MR) is 65.8 cm³/mol. The molecular weight excluding hydrogens is 222 g/mol. The van der Waals surface area contributed by atoms with Gasteiger partial charge in [0.2, 0.25) is 5.91 Å². The van der Waals surface area contributed by atoms with E-state index in [4.69, 9.17) is 0 Å². The molecule has 5 heteroatoms. The van der Waals surface area contributed by atoms with Gasteiger partial charge in [0.05, 0.1) is 11.6 Å². The van der Waals surface area contributed by atoms with Crippen LogP contribution in [0.25, 0.3) is 0 Å². The first kappa shape index (κ1) is 11.5. The highest BCUT2D eigenvalue weighted by atomic mass is 32.1. The van der Waals surface area contributed by atoms with Gasteiger partial charge in [-0.15, -0.1) is 11.3 Å². The second kappa shape index (κ2) is 4.93. The summed E-state index contributed by atoms with van der Waals surface area (Å²) in [6, 6.07) is 0. The molecule has 0 saturated carbocycles. The summed E-state index contributed by atoms with van der Waals surface area (Å²) in [5.74, 6) is 0.194. The molecule has 0 aromatic carbocycles. The van der Waals surface area contributed by atoms with E-state index in [1.165, 1.54) is 0 Å². The molecule has 2 heterocycles. The van der Waals surface area contributed by atoms with E-state index in [2.05, 4.69) is 15.6 Å². The molecule has 1 unspecified atom stereocenters. The predicted octanol–water partition coefficient (Wildman–Crippen LogP) is 1.70. The summed E-state index contributed by atoms with van der Waals surface area (Å²) >= 11 is 1.54. The second-order valence-corrected chi connectivity index (χ2v) is 5.40. The van der Waals surface area contributed by atoms with Crippen molar-refractivity contribution in [1.82, 2.24) is 10.3 Å². The lowest BCUT2D eigenvalue weighted by Gasteiger charge is -2.21. The van der Waals surface area contributed by atoms with Crippen molar-refractivity contribution in [3.63, 3.8) is 0 Å². The molecule has 1 aliphatic heterocycles. The van der Waals surface area contributed by atoms with Gasteiger partial charge >= 0.3 is 0 Å². The topological polar surface area (TPSA) is 54.0 Å². The van der Waals surface area contributed by atoms with Gasteiger partial charge in [-0.25, -0.2) is 4.98 Å². The Hall–Kier alpha value is -0.940. The number of anilines is 1. The molecule has 1 atom stereocenters. The quantitative estimate of drug-likeness (QED) is 0.826. The average molecular weight is 239 g/mol. The third kappa shape index (κ3) is 2.59. The summed E-state index contributed by atoms with van der Waals surface area (Å²) in [4.78, 5) is 17.4. The Morgan fingerprint density at radius 3 is 2.94 bits per heavy atom. The van der Waals surface area contributed by atoms with E-state index in [0.717, 1.165) is 41.6 Å². The van der Waals surface area contributed by atoms with Crippen molar-refractivity contribution in [2.45, 2.75) is 26.7 Å². The van der Waals surface area contributed by atoms with Gasteiger partial charge in [0.25, 0.3) is 0 Å². The van der Waals surface area contributed by atoms with Gasteiger partial charge in [-0.05, 0) is 33.2 Å². The van der Waals surface area contributed by atoms with Crippen molar-refractivity contribution in [3.8, 4) is 0 Å². The molecule has 1 fully saturated rings. The van der Waals surface area contributed by atoms with Crippen LogP contribution in [0.3, 0.4) is 0 Å². The van der Waals surface area contributed by atoms with Crippen LogP contribution in [0.15, 0.2) is 0 Å². The van der Waals surface area contributed by atoms with E-state index in [-0.39, 0.29) is 11.8 Å². The zero-order chi connectivity index (χ0) is 11.5. The summed E-state index contributed by atoms with van der Waals surface area (Å²) in [6.45, 7) is 5.79. The number of nitrogens with zero attached hydrogens (tertiary/aromatic N) is 1. The van der Waals surface area contributed by atoms with Crippen LogP contribution < -0.4 is 10.6 Å². The van der Waals surface area contributed by atoms with Gasteiger partial charge in [0.15, 0.2) is 5.13 Å². The maximum atomic E-state index is 11.9. The maximum Gasteiger partial charge on any atom is 0.230 e. The lowest BCUT2D eigenvalue weighted by Crippen LogP contribution is -2.37. The molecule has 1 aromatic rings. The highest BCUT2D eigenvalue weighted by molar-refractivity contribution is 7.15. The van der Waals surface area contributed by atoms with E-state index < -0.39 is 0 Å². The third-order valence-electron chi connectivity index (χ3n) is 2.93. The second-order valence-electron chi connectivity index (χ2n) is 4.19. The molecule has 88 valence electrons. The molecule has 16 heavy (non-hydrogen) atoms. The van der Waals surface area contributed by atoms with E-state index in [1.807, 2.05) is 13.8 Å². The van der Waals surface area contributed by atoms with Crippen LogP contribution in [0.4, 0.5) is 5.13 Å². The minimum atomic E-state index is 0.0956. The Morgan fingerprint density at radius 1 is 1.56 bits per heavy atom. The van der Waals surface area contributed by atoms with Gasteiger partial charge in [0, 0.05) is 11.4 Å². The number of aryl methyl sites for hydroxylation is 2. The summed E-state index contributed by atoms with van der Waals surface area (Å²) in [5.41, 5.74) is 1.00. The molecule has 0 aliphatic carbocycles. The van der Waals surface area contributed by atoms with Crippen molar-refractivity contribution >= 4 is 22.4 Å². The molecule has 2 rings (SSSR count). The molecule has 1 aliphatic rings. The van der Waals surface area contributed by atoms with Crippen LogP contribution in [0.1, 0.15) is 23.4 Å². The molecule has 1 aromatic heterocycles. The number of amides is 1. The molecule has 0 bridgehead atoms. The maximum absolute atomic E-state index is 11.9. The molecule has 1 saturated heterocycles. The van der Waals surface area contributed by atoms with Crippen LogP contribution in [-0.4, -0.2) is 24.0 Å². The smallest absolute Gasteiger partial charge is 0.230 e. The first-order valence-electron chi connectivity index (χ1n) is 5.62. The number of carbonyl (C=O) groups is 1. The van der Waals surface area contributed by atoms with Crippen molar-refractivity contribution < 1.29 is 4.79 Å². The Morgan fingerprint density at radius 2 is 2.38 bits per heavy atom. The number of hydrogen-bond donors (Lipinski definition) is 2. The molecular formula is C11H17N3OS. The molecule has 1 amide bonds. The third-order valence-corrected chi connectivity index (χ3v) is 3.91. The first-order valence-corrected chi connectivity index (χ1v) is 6.44. The van der Waals surface area contributed by atoms with Gasteiger partial charge < -0.3 is 10.6 Å². The Kier molecular flexibility index (Phi) is 3.56. The number of nitrogens with one attached hydrogen (secondary N) is 2. The number of rotatable bonds is 2. The van der Waals surface area contributed by atoms with E-state index in [0.29, 0.717) is 0 Å². The summed E-state index contributed by atoms with van der Waals surface area (Å²) in [5, 5.41) is 6.87. The van der Waals surface area contributed by atoms with Gasteiger partial charge in [-0.1, -0.05) is 0 Å². The van der Waals surface area contributed by atoms with E-state index in [9.17, 15) is 4.79 Å². The molecule has 2 N–H and O–H groups in total. The number of carbonyl (C=O) groups excluding carboxylic acids is 1. The van der Waals surface area contributed by atoms with Crippen molar-refractivity contribution in [2.24, 2.45) is 5.92 Å². The van der Waals surface area contributed by atoms with Gasteiger partial charge in [0.1, 0.15) is 0 Å². The summed E-state index contributed by atoms with van der Waals surface area (Å²) in [6.07, 6.45) is 2.05. The standard InChI is InChI=1S/C11H17N3OS/c1-7-8(2)16-11(13-7)14-10(15)9-4-3-5-12-6-9/h9,12H,3-6H2,1-2H3,(H,13,14,15). The van der Waals surface area contributed by atoms with Crippen molar-refractivity contribution in [3.05, 3.63) is 10.6 Å². The zero-order valence-electron chi connectivity index (χ0n) is 9.67. The lowest BCUT2D eigenvalue weighted by atomic mass is 9.99. The number of aromatic nitrogens is 1. The van der Waals surface area contributed by atoms with E-state index >= 15 is 0 Å². The highest BCUT2D eigenvalue weighted by Gasteiger charge is 2.21. The molecule has 0 spiro atoms. The SMILES string of the molecule is Cc1nc(NC(=O)C2CCCNC2)sc1C. The lowest BCUT2D eigenvalue weighted by molar-refractivity contribution is -0.120. The molecule has 4 nitrogen and oxygen atoms in total. The van der Waals surface area contributed by atoms with Crippen molar-refractivity contribution in [2.75, 3.05) is 18.4 Å². The Balaban J connectivity index is 1.95. The van der Waals surface area contributed by atoms with Crippen molar-refractivity contribution in [1.29, 1.82) is 0 Å². The van der Waals surface area contributed by atoms with Gasteiger partial charge in [-0.2, -0.15) is 0 Å². The average Bonchev–Trinajstić information content (AvgIpc) is 2.59. The Bertz CT molecular complexity index is 363. The van der Waals surface area contributed by atoms with E-state index in [1.54, 1.807) is 11.3 Å². The van der Waals surface area contributed by atoms with Crippen LogP contribution in [0.2, 0.25) is 0 Å². The number of piperidine rings is 1. The normalized spacial score (nSPS) is 20.8. The zero-order valence-corrected chi connectivity index (χ0v) is 10.5. The minimum absolute atomic E-state index is 0.0956. The van der Waals surface area contributed by atoms with Crippen LogP contribution >= 0.6 is 11.3 Å². The number of hydrogen-bond acceptors (Lipinski definition) is 4. The minimum Gasteiger partial charge on any atom is -0.316 e. The summed E-state index contributed by atoms with van der Waals surface area (Å²) < 4.78 is 0. The fraction of sp³-hybridized carbons (Fsp3) is 0.636. The monoisotopic (exact) mass is 239 g/mol. The van der Waals surface area contributed by atoms with Crippen LogP contribution in [0, 0.1) is 19.8 Å².